The zero-order valence-electron chi connectivity index (χ0n) is 16.8. The van der Waals surface area contributed by atoms with Gasteiger partial charge in [0.2, 0.25) is 11.7 Å². The van der Waals surface area contributed by atoms with Crippen LogP contribution < -0.4 is 10.6 Å². The number of amides is 1. The average Bonchev–Trinajstić information content (AvgIpc) is 3.41. The van der Waals surface area contributed by atoms with Crippen molar-refractivity contribution in [1.29, 1.82) is 0 Å². The van der Waals surface area contributed by atoms with Crippen molar-refractivity contribution < 1.29 is 15.0 Å². The quantitative estimate of drug-likeness (QED) is 0.437. The van der Waals surface area contributed by atoms with Gasteiger partial charge in [-0.15, -0.1) is 11.3 Å². The van der Waals surface area contributed by atoms with Crippen molar-refractivity contribution in [3.63, 3.8) is 0 Å². The van der Waals surface area contributed by atoms with E-state index in [4.69, 9.17) is 0 Å². The Morgan fingerprint density at radius 2 is 2.19 bits per heavy atom. The fraction of sp³-hybridized carbons (Fsp3) is 0.429. The molecule has 31 heavy (non-hydrogen) atoms. The number of carbonyl (C=O) groups excluding carboxylic acids is 1. The Kier molecular flexibility index (Phi) is 3.65. The molecule has 0 aliphatic heterocycles. The highest BCUT2D eigenvalue weighted by Crippen LogP contribution is 2.82. The van der Waals surface area contributed by atoms with Crippen LogP contribution in [0.5, 0.6) is 0 Å². The molecule has 3 aromatic heterocycles. The summed E-state index contributed by atoms with van der Waals surface area (Å²) in [6.45, 7) is 0. The Balaban J connectivity index is 1.40. The van der Waals surface area contributed by atoms with Crippen LogP contribution in [0, 0.1) is 29.1 Å². The molecule has 3 fully saturated rings. The number of aliphatic hydroxyl groups excluding tert-OH is 1. The maximum atomic E-state index is 12.4. The van der Waals surface area contributed by atoms with Crippen LogP contribution in [0.15, 0.2) is 23.8 Å². The Morgan fingerprint density at radius 3 is 2.84 bits per heavy atom. The summed E-state index contributed by atoms with van der Waals surface area (Å²) >= 11 is 1.54. The first kappa shape index (κ1) is 18.7. The zero-order chi connectivity index (χ0) is 21.5. The van der Waals surface area contributed by atoms with Gasteiger partial charge >= 0.3 is 0 Å². The van der Waals surface area contributed by atoms with Crippen molar-refractivity contribution in [2.75, 3.05) is 19.4 Å². The van der Waals surface area contributed by atoms with Gasteiger partial charge in [-0.1, -0.05) is 6.07 Å². The minimum Gasteiger partial charge on any atom is -0.389 e. The van der Waals surface area contributed by atoms with Crippen molar-refractivity contribution in [2.45, 2.75) is 24.2 Å². The van der Waals surface area contributed by atoms with E-state index in [2.05, 4.69) is 37.4 Å². The van der Waals surface area contributed by atoms with Crippen LogP contribution in [0.4, 0.5) is 5.82 Å². The predicted molar refractivity (Wildman–Crippen MR) is 113 cm³/mol. The predicted octanol–water partition coefficient (Wildman–Crippen LogP) is 0.358. The molecule has 3 saturated carbocycles. The van der Waals surface area contributed by atoms with Crippen molar-refractivity contribution in [2.24, 2.45) is 17.3 Å². The lowest BCUT2D eigenvalue weighted by atomic mass is 9.93. The SMILES string of the molecule is CNC(=O)C12CC1[C@H]1C(n3cnc4c(NC)nc(C#Cc5cccs5)nc43)[C@@]1(O)[C@@H]2O. The molecule has 6 atom stereocenters. The third-order valence-corrected chi connectivity index (χ3v) is 7.87. The third kappa shape index (κ3) is 2.23. The molecule has 0 bridgehead atoms. The van der Waals surface area contributed by atoms with Crippen LogP contribution in [0.1, 0.15) is 23.2 Å². The highest BCUT2D eigenvalue weighted by atomic mass is 32.1. The summed E-state index contributed by atoms with van der Waals surface area (Å²) in [6.07, 6.45) is 1.08. The summed E-state index contributed by atoms with van der Waals surface area (Å²) in [7, 11) is 3.31. The number of carbonyl (C=O) groups is 1. The molecular formula is C21H20N6O3S. The van der Waals surface area contributed by atoms with E-state index < -0.39 is 23.2 Å². The van der Waals surface area contributed by atoms with E-state index >= 15 is 0 Å². The summed E-state index contributed by atoms with van der Waals surface area (Å²) < 4.78 is 1.80. The van der Waals surface area contributed by atoms with E-state index in [0.29, 0.717) is 29.2 Å². The van der Waals surface area contributed by atoms with Crippen molar-refractivity contribution in [1.82, 2.24) is 24.8 Å². The Hall–Kier alpha value is -3.00. The standard InChI is InChI=1S/C21H20N6O3S/c1-22-16-14-17(26-12(25-16)6-5-10-4-3-7-31-10)27(9-24-14)15-13-11-8-20(11,19(29)23-2)18(28)21(13,15)30/h3-4,7,9,11,13,15,18,28,30H,8H2,1-2H3,(H,23,29)(H,22,25,26)/t11?,13-,15?,18+,20?,21+/m0/s1. The van der Waals surface area contributed by atoms with Crippen molar-refractivity contribution in [3.05, 3.63) is 34.5 Å². The molecule has 6 rings (SSSR count). The molecule has 4 N–H and O–H groups in total. The topological polar surface area (TPSA) is 125 Å². The Bertz CT molecular complexity index is 1290. The maximum Gasteiger partial charge on any atom is 0.229 e. The van der Waals surface area contributed by atoms with Gasteiger partial charge in [0.1, 0.15) is 5.60 Å². The largest absolute Gasteiger partial charge is 0.389 e. The number of imidazole rings is 1. The third-order valence-electron chi connectivity index (χ3n) is 7.08. The van der Waals surface area contributed by atoms with E-state index in [9.17, 15) is 15.0 Å². The number of nitrogens with one attached hydrogen (secondary N) is 2. The van der Waals surface area contributed by atoms with E-state index in [1.165, 1.54) is 11.3 Å². The molecule has 10 heteroatoms. The second-order valence-electron chi connectivity index (χ2n) is 8.39. The minimum absolute atomic E-state index is 0.0569. The Morgan fingerprint density at radius 1 is 1.35 bits per heavy atom. The van der Waals surface area contributed by atoms with Crippen LogP contribution in [0.2, 0.25) is 0 Å². The van der Waals surface area contributed by atoms with E-state index in [0.717, 1.165) is 4.88 Å². The summed E-state index contributed by atoms with van der Waals surface area (Å²) in [4.78, 5) is 26.8. The van der Waals surface area contributed by atoms with Gasteiger partial charge in [-0.05, 0) is 35.6 Å². The van der Waals surface area contributed by atoms with Crippen LogP contribution in [0.3, 0.4) is 0 Å². The first-order chi connectivity index (χ1) is 15.0. The zero-order valence-corrected chi connectivity index (χ0v) is 17.6. The fourth-order valence-corrected chi connectivity index (χ4v) is 6.17. The number of anilines is 1. The van der Waals surface area contributed by atoms with Crippen LogP contribution >= 0.6 is 11.3 Å². The van der Waals surface area contributed by atoms with Gasteiger partial charge in [-0.25, -0.2) is 15.0 Å². The van der Waals surface area contributed by atoms with Crippen LogP contribution in [-0.2, 0) is 4.79 Å². The molecule has 3 heterocycles. The molecule has 158 valence electrons. The number of aromatic nitrogens is 4. The fourth-order valence-electron chi connectivity index (χ4n) is 5.60. The molecule has 0 radical (unpaired) electrons. The molecule has 9 nitrogen and oxygen atoms in total. The highest BCUT2D eigenvalue weighted by molar-refractivity contribution is 7.10. The maximum absolute atomic E-state index is 12.4. The van der Waals surface area contributed by atoms with Gasteiger partial charge in [0.15, 0.2) is 17.0 Å². The summed E-state index contributed by atoms with van der Waals surface area (Å²) in [5.74, 6) is 6.47. The second-order valence-corrected chi connectivity index (χ2v) is 9.34. The van der Waals surface area contributed by atoms with Crippen molar-refractivity contribution >= 4 is 34.2 Å². The molecule has 0 aromatic carbocycles. The normalized spacial score (nSPS) is 34.5. The number of aliphatic hydroxyl groups is 2. The monoisotopic (exact) mass is 436 g/mol. The minimum atomic E-state index is -1.36. The highest BCUT2D eigenvalue weighted by Gasteiger charge is 2.91. The van der Waals surface area contributed by atoms with Gasteiger partial charge in [0.25, 0.3) is 0 Å². The van der Waals surface area contributed by atoms with E-state index in [-0.39, 0.29) is 17.7 Å². The summed E-state index contributed by atoms with van der Waals surface area (Å²) in [5.41, 5.74) is -1.12. The number of fused-ring (bicyclic) bond motifs is 4. The first-order valence-electron chi connectivity index (χ1n) is 10.1. The number of hydrogen-bond acceptors (Lipinski definition) is 8. The van der Waals surface area contributed by atoms with E-state index in [1.807, 2.05) is 17.5 Å². The number of rotatable bonds is 3. The van der Waals surface area contributed by atoms with E-state index in [1.54, 1.807) is 25.0 Å². The lowest BCUT2D eigenvalue weighted by molar-refractivity contribution is -0.134. The number of thiophene rings is 1. The van der Waals surface area contributed by atoms with Crippen molar-refractivity contribution in [3.8, 4) is 11.8 Å². The molecular weight excluding hydrogens is 416 g/mol. The summed E-state index contributed by atoms with van der Waals surface area (Å²) in [6, 6.07) is 3.47. The Labute approximate surface area is 181 Å². The molecule has 3 aliphatic rings. The molecule has 1 amide bonds. The molecule has 3 aliphatic carbocycles. The second kappa shape index (κ2) is 6.03. The number of hydrogen-bond donors (Lipinski definition) is 4. The molecule has 3 unspecified atom stereocenters. The van der Waals surface area contributed by atoms with Gasteiger partial charge in [0.05, 0.1) is 28.8 Å². The summed E-state index contributed by atoms with van der Waals surface area (Å²) in [5, 5.41) is 29.9. The first-order valence-corrected chi connectivity index (χ1v) is 10.9. The van der Waals surface area contributed by atoms with Gasteiger partial charge in [-0.2, -0.15) is 0 Å². The smallest absolute Gasteiger partial charge is 0.229 e. The lowest BCUT2D eigenvalue weighted by Crippen LogP contribution is -2.45. The molecule has 0 spiro atoms. The van der Waals surface area contributed by atoms with Crippen LogP contribution in [-0.4, -0.2) is 61.4 Å². The molecule has 3 aromatic rings. The van der Waals surface area contributed by atoms with Gasteiger partial charge in [-0.3, -0.25) is 4.79 Å². The number of nitrogens with zero attached hydrogens (tertiary/aromatic N) is 4. The molecule has 0 saturated heterocycles. The average molecular weight is 436 g/mol. The van der Waals surface area contributed by atoms with Gasteiger partial charge in [0, 0.05) is 20.0 Å². The van der Waals surface area contributed by atoms with Gasteiger partial charge < -0.3 is 25.4 Å². The van der Waals surface area contributed by atoms with Crippen LogP contribution in [0.25, 0.3) is 11.2 Å². The lowest BCUT2D eigenvalue weighted by Gasteiger charge is -2.25.